The number of methoxy groups -OCH3 is 1. The molecule has 3 aromatic rings. The largest absolute Gasteiger partial charge is 0.514 e. The summed E-state index contributed by atoms with van der Waals surface area (Å²) in [5.41, 5.74) is 5.25. The Bertz CT molecular complexity index is 1250. The monoisotopic (exact) mass is 418 g/mol. The lowest BCUT2D eigenvalue weighted by Gasteiger charge is -2.08. The Kier molecular flexibility index (Phi) is 4.43. The summed E-state index contributed by atoms with van der Waals surface area (Å²) in [4.78, 5) is 39.8. The lowest BCUT2D eigenvalue weighted by atomic mass is 10.0. The van der Waals surface area contributed by atoms with E-state index in [0.717, 1.165) is 12.0 Å². The highest BCUT2D eigenvalue weighted by Gasteiger charge is 2.43. The number of aromatic nitrogens is 1. The molecule has 1 aliphatic carbocycles. The Hall–Kier alpha value is -4.14. The second kappa shape index (κ2) is 7.28. The molecule has 3 N–H and O–H groups in total. The molecule has 1 aliphatic heterocycles. The van der Waals surface area contributed by atoms with Crippen LogP contribution in [0.3, 0.4) is 0 Å². The number of H-pyrrole nitrogens is 1. The number of ether oxygens (including phenoxy) is 2. The first-order chi connectivity index (χ1) is 15.0. The SMILES string of the molecule is COC(=O)Oc1[nH]c2cc(NC(=O)[C@@H]3C[C@H]3c3ccccc3)cc3c2c1C=NNC3=O. The van der Waals surface area contributed by atoms with Crippen LogP contribution in [0.4, 0.5) is 10.5 Å². The van der Waals surface area contributed by atoms with Crippen molar-refractivity contribution in [2.45, 2.75) is 12.3 Å². The van der Waals surface area contributed by atoms with Gasteiger partial charge in [-0.3, -0.25) is 9.59 Å². The van der Waals surface area contributed by atoms with E-state index in [1.54, 1.807) is 12.1 Å². The van der Waals surface area contributed by atoms with E-state index in [0.29, 0.717) is 27.7 Å². The lowest BCUT2D eigenvalue weighted by molar-refractivity contribution is -0.117. The Labute approximate surface area is 176 Å². The number of amides is 2. The van der Waals surface area contributed by atoms with Gasteiger partial charge in [-0.25, -0.2) is 10.2 Å². The van der Waals surface area contributed by atoms with Crippen molar-refractivity contribution in [3.05, 3.63) is 59.2 Å². The predicted octanol–water partition coefficient (Wildman–Crippen LogP) is 3.13. The van der Waals surface area contributed by atoms with Crippen LogP contribution in [0.15, 0.2) is 47.6 Å². The number of nitrogens with one attached hydrogen (secondary N) is 3. The zero-order chi connectivity index (χ0) is 21.5. The van der Waals surface area contributed by atoms with Gasteiger partial charge >= 0.3 is 6.16 Å². The maximum Gasteiger partial charge on any atom is 0.514 e. The summed E-state index contributed by atoms with van der Waals surface area (Å²) in [6, 6.07) is 13.2. The Morgan fingerprint density at radius 3 is 2.77 bits per heavy atom. The molecular weight excluding hydrogens is 400 g/mol. The smallest absolute Gasteiger partial charge is 0.437 e. The van der Waals surface area contributed by atoms with Crippen molar-refractivity contribution in [2.75, 3.05) is 12.4 Å². The number of benzene rings is 2. The average molecular weight is 418 g/mol. The van der Waals surface area contributed by atoms with Crippen molar-refractivity contribution in [2.24, 2.45) is 11.0 Å². The summed E-state index contributed by atoms with van der Waals surface area (Å²) < 4.78 is 9.69. The van der Waals surface area contributed by atoms with E-state index in [1.165, 1.54) is 13.3 Å². The molecule has 1 saturated carbocycles. The van der Waals surface area contributed by atoms with E-state index in [9.17, 15) is 14.4 Å². The number of nitrogens with zero attached hydrogens (tertiary/aromatic N) is 1. The van der Waals surface area contributed by atoms with Crippen LogP contribution in [0.1, 0.15) is 33.8 Å². The molecule has 1 aromatic heterocycles. The van der Waals surface area contributed by atoms with E-state index in [-0.39, 0.29) is 23.6 Å². The molecule has 9 nitrogen and oxygen atoms in total. The van der Waals surface area contributed by atoms with Gasteiger partial charge in [0.15, 0.2) is 0 Å². The minimum Gasteiger partial charge on any atom is -0.437 e. The van der Waals surface area contributed by atoms with Gasteiger partial charge in [0.05, 0.1) is 30.0 Å². The number of rotatable bonds is 4. The van der Waals surface area contributed by atoms with Gasteiger partial charge in [-0.15, -0.1) is 0 Å². The highest BCUT2D eigenvalue weighted by atomic mass is 16.7. The molecule has 31 heavy (non-hydrogen) atoms. The molecule has 156 valence electrons. The van der Waals surface area contributed by atoms with Gasteiger partial charge in [0.2, 0.25) is 11.8 Å². The van der Waals surface area contributed by atoms with Gasteiger partial charge in [-0.2, -0.15) is 5.10 Å². The number of carbonyl (C=O) groups is 3. The summed E-state index contributed by atoms with van der Waals surface area (Å²) in [5, 5.41) is 7.30. The van der Waals surface area contributed by atoms with E-state index in [4.69, 9.17) is 4.74 Å². The maximum absolute atomic E-state index is 12.8. The molecule has 0 bridgehead atoms. The van der Waals surface area contributed by atoms with Crippen molar-refractivity contribution in [1.29, 1.82) is 0 Å². The number of hydrogen-bond donors (Lipinski definition) is 3. The first-order valence-corrected chi connectivity index (χ1v) is 9.70. The molecule has 0 radical (unpaired) electrons. The fraction of sp³-hybridized carbons (Fsp3) is 0.182. The third-order valence-electron chi connectivity index (χ3n) is 5.48. The first kappa shape index (κ1) is 18.9. The van der Waals surface area contributed by atoms with Crippen molar-refractivity contribution >= 4 is 40.8 Å². The van der Waals surface area contributed by atoms with Crippen LogP contribution in [-0.4, -0.2) is 36.3 Å². The zero-order valence-electron chi connectivity index (χ0n) is 16.5. The molecule has 2 aliphatic rings. The molecule has 2 atom stereocenters. The number of carbonyl (C=O) groups excluding carboxylic acids is 3. The van der Waals surface area contributed by atoms with Crippen molar-refractivity contribution in [3.8, 4) is 5.88 Å². The second-order valence-corrected chi connectivity index (χ2v) is 7.42. The van der Waals surface area contributed by atoms with E-state index < -0.39 is 12.1 Å². The van der Waals surface area contributed by atoms with Gasteiger partial charge < -0.3 is 19.8 Å². The summed E-state index contributed by atoms with van der Waals surface area (Å²) >= 11 is 0. The minimum absolute atomic E-state index is 0.0955. The van der Waals surface area contributed by atoms with Crippen molar-refractivity contribution in [3.63, 3.8) is 0 Å². The second-order valence-electron chi connectivity index (χ2n) is 7.42. The van der Waals surface area contributed by atoms with E-state index in [1.807, 2.05) is 30.3 Å². The summed E-state index contributed by atoms with van der Waals surface area (Å²) in [6.45, 7) is 0. The summed E-state index contributed by atoms with van der Waals surface area (Å²) in [7, 11) is 1.20. The Morgan fingerprint density at radius 2 is 2.00 bits per heavy atom. The third-order valence-corrected chi connectivity index (χ3v) is 5.48. The van der Waals surface area contributed by atoms with E-state index in [2.05, 4.69) is 25.6 Å². The van der Waals surface area contributed by atoms with Crippen LogP contribution >= 0.6 is 0 Å². The fourth-order valence-electron chi connectivity index (χ4n) is 3.92. The summed E-state index contributed by atoms with van der Waals surface area (Å²) in [6.07, 6.45) is 1.26. The molecule has 0 unspecified atom stereocenters. The van der Waals surface area contributed by atoms with Crippen LogP contribution in [0.25, 0.3) is 10.9 Å². The van der Waals surface area contributed by atoms with Crippen LogP contribution in [-0.2, 0) is 9.53 Å². The first-order valence-electron chi connectivity index (χ1n) is 9.70. The Balaban J connectivity index is 1.45. The van der Waals surface area contributed by atoms with Gasteiger partial charge in [0, 0.05) is 17.0 Å². The van der Waals surface area contributed by atoms with Crippen LogP contribution < -0.4 is 15.5 Å². The molecule has 9 heteroatoms. The average Bonchev–Trinajstić information content (AvgIpc) is 3.53. The normalized spacial score (nSPS) is 18.8. The Morgan fingerprint density at radius 1 is 1.19 bits per heavy atom. The van der Waals surface area contributed by atoms with Crippen molar-refractivity contribution in [1.82, 2.24) is 10.4 Å². The maximum atomic E-state index is 12.8. The highest BCUT2D eigenvalue weighted by molar-refractivity contribution is 6.17. The molecule has 1 fully saturated rings. The number of anilines is 1. The van der Waals surface area contributed by atoms with Gasteiger partial charge in [-0.05, 0) is 30.0 Å². The number of hydrogen-bond acceptors (Lipinski definition) is 6. The molecular formula is C22H18N4O5. The predicted molar refractivity (Wildman–Crippen MR) is 112 cm³/mol. The van der Waals surface area contributed by atoms with Crippen LogP contribution in [0, 0.1) is 5.92 Å². The minimum atomic E-state index is -0.907. The van der Waals surface area contributed by atoms with E-state index >= 15 is 0 Å². The quantitative estimate of drug-likeness (QED) is 0.562. The molecule has 2 heterocycles. The lowest BCUT2D eigenvalue weighted by Crippen LogP contribution is -2.18. The summed E-state index contributed by atoms with van der Waals surface area (Å²) in [5.74, 6) is -0.373. The highest BCUT2D eigenvalue weighted by Crippen LogP contribution is 2.48. The van der Waals surface area contributed by atoms with Gasteiger partial charge in [0.1, 0.15) is 0 Å². The molecule has 0 saturated heterocycles. The molecule has 2 amide bonds. The number of hydrazone groups is 1. The molecule has 5 rings (SSSR count). The third kappa shape index (κ3) is 3.39. The fourth-order valence-corrected chi connectivity index (χ4v) is 3.92. The number of aromatic amines is 1. The standard InChI is InChI=1S/C22H18N4O5/c1-30-22(29)31-21-16-10-23-26-20(28)15-7-12(8-17(25-21)18(15)16)24-19(27)14-9-13(14)11-5-3-2-4-6-11/h2-8,10,13-14,25H,9H2,1H3,(H,24,27)(H,26,28)/t13-,14+/m0/s1. The topological polar surface area (TPSA) is 122 Å². The van der Waals surface area contributed by atoms with Crippen LogP contribution in [0.2, 0.25) is 0 Å². The van der Waals surface area contributed by atoms with Gasteiger partial charge in [-0.1, -0.05) is 30.3 Å². The van der Waals surface area contributed by atoms with Gasteiger partial charge in [0.25, 0.3) is 5.91 Å². The zero-order valence-corrected chi connectivity index (χ0v) is 16.5. The molecule has 2 aromatic carbocycles. The van der Waals surface area contributed by atoms with Crippen LogP contribution in [0.5, 0.6) is 5.88 Å². The molecule has 0 spiro atoms. The van der Waals surface area contributed by atoms with Crippen molar-refractivity contribution < 1.29 is 23.9 Å².